The Balaban J connectivity index is 2.07. The van der Waals surface area contributed by atoms with Crippen LogP contribution < -0.4 is 0 Å². The number of hydrogen-bond acceptors (Lipinski definition) is 3. The van der Waals surface area contributed by atoms with Gasteiger partial charge in [0.15, 0.2) is 5.65 Å². The first-order chi connectivity index (χ1) is 9.70. The second kappa shape index (κ2) is 5.70. The fraction of sp³-hybridized carbons (Fsp3) is 0.600. The molecular weight excluding hydrogens is 272 g/mol. The van der Waals surface area contributed by atoms with E-state index in [9.17, 15) is 0 Å². The number of aryl methyl sites for hydroxylation is 2. The predicted molar refractivity (Wildman–Crippen MR) is 82.5 cm³/mol. The highest BCUT2D eigenvalue weighted by atomic mass is 35.5. The number of halogens is 1. The molecule has 3 rings (SSSR count). The van der Waals surface area contributed by atoms with Gasteiger partial charge in [0.05, 0.1) is 0 Å². The van der Waals surface area contributed by atoms with Crippen molar-refractivity contribution in [1.82, 2.24) is 19.4 Å². The summed E-state index contributed by atoms with van der Waals surface area (Å²) in [5.74, 6) is 1.70. The molecule has 0 radical (unpaired) electrons. The minimum absolute atomic E-state index is 0.503. The van der Waals surface area contributed by atoms with E-state index in [4.69, 9.17) is 16.6 Å². The highest BCUT2D eigenvalue weighted by Crippen LogP contribution is 2.28. The van der Waals surface area contributed by atoms with Crippen LogP contribution in [0.1, 0.15) is 30.3 Å². The second-order valence-electron chi connectivity index (χ2n) is 5.67. The molecule has 0 amide bonds. The number of imidazole rings is 1. The Kier molecular flexibility index (Phi) is 3.94. The Labute approximate surface area is 124 Å². The van der Waals surface area contributed by atoms with Gasteiger partial charge in [-0.3, -0.25) is 0 Å². The van der Waals surface area contributed by atoms with Gasteiger partial charge >= 0.3 is 0 Å². The zero-order valence-corrected chi connectivity index (χ0v) is 12.9. The Morgan fingerprint density at radius 1 is 1.35 bits per heavy atom. The highest BCUT2D eigenvalue weighted by Gasteiger charge is 2.23. The molecule has 0 aliphatic carbocycles. The zero-order valence-electron chi connectivity index (χ0n) is 12.1. The highest BCUT2D eigenvalue weighted by molar-refractivity contribution is 6.17. The fourth-order valence-electron chi connectivity index (χ4n) is 3.05. The lowest BCUT2D eigenvalue weighted by molar-refractivity contribution is 0.221. The number of pyridine rings is 1. The van der Waals surface area contributed by atoms with Crippen molar-refractivity contribution in [2.45, 2.75) is 32.2 Å². The molecule has 1 saturated heterocycles. The molecule has 5 heteroatoms. The lowest BCUT2D eigenvalue weighted by Crippen LogP contribution is -2.32. The number of alkyl halides is 1. The maximum Gasteiger partial charge on any atom is 0.160 e. The largest absolute Gasteiger partial charge is 0.309 e. The van der Waals surface area contributed by atoms with Crippen LogP contribution in [0.5, 0.6) is 0 Å². The van der Waals surface area contributed by atoms with Gasteiger partial charge in [-0.1, -0.05) is 0 Å². The number of likely N-dealkylation sites (tertiary alicyclic amines) is 1. The van der Waals surface area contributed by atoms with Crippen LogP contribution in [0.2, 0.25) is 0 Å². The number of fused-ring (bicyclic) bond motifs is 1. The third-order valence-corrected chi connectivity index (χ3v) is 4.41. The summed E-state index contributed by atoms with van der Waals surface area (Å²) in [4.78, 5) is 11.8. The van der Waals surface area contributed by atoms with E-state index >= 15 is 0 Å². The first kappa shape index (κ1) is 13.8. The van der Waals surface area contributed by atoms with Gasteiger partial charge in [0.2, 0.25) is 0 Å². The summed E-state index contributed by atoms with van der Waals surface area (Å²) in [5.41, 5.74) is 3.25. The number of rotatable bonds is 3. The molecule has 1 fully saturated rings. The monoisotopic (exact) mass is 292 g/mol. The number of aromatic nitrogens is 3. The Bertz CT molecular complexity index is 599. The zero-order chi connectivity index (χ0) is 14.1. The lowest BCUT2D eigenvalue weighted by atomic mass is 10.1. The summed E-state index contributed by atoms with van der Waals surface area (Å²) in [6, 6.07) is 2.53. The SMILES string of the molecule is Cc1ccnc2c1nc(CCCl)n2C1CCN(C)CC1. The first-order valence-electron chi connectivity index (χ1n) is 7.27. The predicted octanol–water partition coefficient (Wildman–Crippen LogP) is 2.79. The van der Waals surface area contributed by atoms with Crippen molar-refractivity contribution < 1.29 is 0 Å². The maximum absolute atomic E-state index is 5.96. The van der Waals surface area contributed by atoms with Gasteiger partial charge < -0.3 is 9.47 Å². The molecule has 0 bridgehead atoms. The van der Waals surface area contributed by atoms with Gasteiger partial charge in [-0.2, -0.15) is 0 Å². The molecule has 0 aromatic carbocycles. The van der Waals surface area contributed by atoms with Gasteiger partial charge in [0.1, 0.15) is 11.3 Å². The van der Waals surface area contributed by atoms with Crippen molar-refractivity contribution >= 4 is 22.8 Å². The summed E-state index contributed by atoms with van der Waals surface area (Å²) >= 11 is 5.96. The topological polar surface area (TPSA) is 34.0 Å². The number of nitrogens with zero attached hydrogens (tertiary/aromatic N) is 4. The van der Waals surface area contributed by atoms with E-state index in [-0.39, 0.29) is 0 Å². The minimum atomic E-state index is 0.503. The molecule has 20 heavy (non-hydrogen) atoms. The molecule has 2 aromatic rings. The van der Waals surface area contributed by atoms with E-state index in [0.29, 0.717) is 11.9 Å². The van der Waals surface area contributed by atoms with Crippen LogP contribution >= 0.6 is 11.6 Å². The summed E-state index contributed by atoms with van der Waals surface area (Å²) in [6.07, 6.45) is 5.01. The summed E-state index contributed by atoms with van der Waals surface area (Å²) in [5, 5.41) is 0. The van der Waals surface area contributed by atoms with E-state index in [1.165, 1.54) is 5.56 Å². The first-order valence-corrected chi connectivity index (χ1v) is 7.81. The molecule has 0 N–H and O–H groups in total. The quantitative estimate of drug-likeness (QED) is 0.816. The maximum atomic E-state index is 5.96. The van der Waals surface area contributed by atoms with Crippen molar-refractivity contribution in [3.63, 3.8) is 0 Å². The van der Waals surface area contributed by atoms with Crippen LogP contribution in [0, 0.1) is 6.92 Å². The van der Waals surface area contributed by atoms with Crippen molar-refractivity contribution in [2.24, 2.45) is 0 Å². The second-order valence-corrected chi connectivity index (χ2v) is 6.05. The summed E-state index contributed by atoms with van der Waals surface area (Å²) in [7, 11) is 2.18. The number of hydrogen-bond donors (Lipinski definition) is 0. The third kappa shape index (κ3) is 2.42. The van der Waals surface area contributed by atoms with Crippen LogP contribution in [0.3, 0.4) is 0 Å². The van der Waals surface area contributed by atoms with Gasteiger partial charge in [-0.05, 0) is 51.5 Å². The minimum Gasteiger partial charge on any atom is -0.309 e. The van der Waals surface area contributed by atoms with Crippen LogP contribution in [0.25, 0.3) is 11.2 Å². The van der Waals surface area contributed by atoms with Crippen molar-refractivity contribution in [3.05, 3.63) is 23.7 Å². The molecule has 1 aliphatic rings. The molecule has 0 unspecified atom stereocenters. The molecule has 0 spiro atoms. The van der Waals surface area contributed by atoms with Crippen LogP contribution in [0.4, 0.5) is 0 Å². The van der Waals surface area contributed by atoms with Crippen molar-refractivity contribution in [3.8, 4) is 0 Å². The van der Waals surface area contributed by atoms with Crippen LogP contribution in [0.15, 0.2) is 12.3 Å². The summed E-state index contributed by atoms with van der Waals surface area (Å²) < 4.78 is 2.34. The van der Waals surface area contributed by atoms with Gasteiger partial charge in [0.25, 0.3) is 0 Å². The van der Waals surface area contributed by atoms with E-state index in [1.54, 1.807) is 0 Å². The average molecular weight is 293 g/mol. The Morgan fingerprint density at radius 3 is 2.80 bits per heavy atom. The van der Waals surface area contributed by atoms with E-state index in [1.807, 2.05) is 12.3 Å². The average Bonchev–Trinajstić information content (AvgIpc) is 2.80. The van der Waals surface area contributed by atoms with Crippen LogP contribution in [-0.2, 0) is 6.42 Å². The molecule has 4 nitrogen and oxygen atoms in total. The van der Waals surface area contributed by atoms with Gasteiger partial charge in [-0.25, -0.2) is 9.97 Å². The van der Waals surface area contributed by atoms with Crippen molar-refractivity contribution in [2.75, 3.05) is 26.0 Å². The Hall–Kier alpha value is -1.13. The fourth-order valence-corrected chi connectivity index (χ4v) is 3.22. The molecule has 0 saturated carbocycles. The molecule has 2 aromatic heterocycles. The smallest absolute Gasteiger partial charge is 0.160 e. The van der Waals surface area contributed by atoms with Gasteiger partial charge in [0, 0.05) is 24.5 Å². The van der Waals surface area contributed by atoms with Gasteiger partial charge in [-0.15, -0.1) is 11.6 Å². The van der Waals surface area contributed by atoms with E-state index in [0.717, 1.165) is 49.3 Å². The van der Waals surface area contributed by atoms with E-state index < -0.39 is 0 Å². The normalized spacial score (nSPS) is 17.9. The third-order valence-electron chi connectivity index (χ3n) is 4.23. The van der Waals surface area contributed by atoms with Crippen LogP contribution in [-0.4, -0.2) is 45.5 Å². The summed E-state index contributed by atoms with van der Waals surface area (Å²) in [6.45, 7) is 4.37. The standard InChI is InChI=1S/C15H21ClN4/c1-11-4-8-17-15-14(11)18-13(3-7-16)20(15)12-5-9-19(2)10-6-12/h4,8,12H,3,5-7,9-10H2,1-2H3. The molecule has 1 aliphatic heterocycles. The Morgan fingerprint density at radius 2 is 2.10 bits per heavy atom. The lowest BCUT2D eigenvalue weighted by Gasteiger charge is -2.30. The molecule has 0 atom stereocenters. The molecule has 3 heterocycles. The van der Waals surface area contributed by atoms with E-state index in [2.05, 4.69) is 28.4 Å². The number of piperidine rings is 1. The molecular formula is C15H21ClN4. The van der Waals surface area contributed by atoms with Crippen molar-refractivity contribution in [1.29, 1.82) is 0 Å². The molecule has 108 valence electrons.